The van der Waals surface area contributed by atoms with Gasteiger partial charge in [-0.3, -0.25) is 9.36 Å². The molecular formula is C18H20N4O2S. The van der Waals surface area contributed by atoms with Gasteiger partial charge in [0.25, 0.3) is 5.91 Å². The molecule has 0 unspecified atom stereocenters. The van der Waals surface area contributed by atoms with Crippen LogP contribution in [0, 0.1) is 0 Å². The van der Waals surface area contributed by atoms with Crippen LogP contribution in [0.5, 0.6) is 0 Å². The number of aromatic nitrogens is 3. The number of nitrogens with zero attached hydrogens (tertiary/aromatic N) is 4. The summed E-state index contributed by atoms with van der Waals surface area (Å²) in [5, 5.41) is 9.38. The molecule has 0 aliphatic carbocycles. The lowest BCUT2D eigenvalue weighted by Crippen LogP contribution is -2.21. The van der Waals surface area contributed by atoms with E-state index < -0.39 is 0 Å². The van der Waals surface area contributed by atoms with E-state index in [-0.39, 0.29) is 5.91 Å². The van der Waals surface area contributed by atoms with E-state index in [4.69, 9.17) is 4.42 Å². The molecule has 7 heteroatoms. The van der Waals surface area contributed by atoms with Gasteiger partial charge in [0.1, 0.15) is 0 Å². The molecule has 0 fully saturated rings. The number of amides is 1. The van der Waals surface area contributed by atoms with Crippen molar-refractivity contribution in [3.8, 4) is 11.6 Å². The van der Waals surface area contributed by atoms with Crippen molar-refractivity contribution in [2.75, 3.05) is 14.1 Å². The van der Waals surface area contributed by atoms with Crippen molar-refractivity contribution in [1.82, 2.24) is 19.7 Å². The molecule has 1 aromatic carbocycles. The third kappa shape index (κ3) is 3.76. The minimum atomic E-state index is 0.00742. The Balaban J connectivity index is 1.71. The monoisotopic (exact) mass is 356 g/mol. The third-order valence-electron chi connectivity index (χ3n) is 3.75. The number of benzene rings is 1. The van der Waals surface area contributed by atoms with Gasteiger partial charge in [-0.1, -0.05) is 23.9 Å². The van der Waals surface area contributed by atoms with Crippen LogP contribution in [-0.4, -0.2) is 39.7 Å². The molecule has 2 aromatic heterocycles. The number of furan rings is 1. The molecule has 0 aliphatic rings. The van der Waals surface area contributed by atoms with Crippen molar-refractivity contribution >= 4 is 17.7 Å². The lowest BCUT2D eigenvalue weighted by atomic mass is 10.1. The summed E-state index contributed by atoms with van der Waals surface area (Å²) < 4.78 is 7.46. The smallest absolute Gasteiger partial charge is 0.253 e. The zero-order valence-corrected chi connectivity index (χ0v) is 15.3. The molecule has 0 radical (unpaired) electrons. The first-order valence-electron chi connectivity index (χ1n) is 8.00. The van der Waals surface area contributed by atoms with Crippen LogP contribution < -0.4 is 0 Å². The van der Waals surface area contributed by atoms with Crippen LogP contribution in [0.1, 0.15) is 22.8 Å². The molecule has 1 amide bonds. The average Bonchev–Trinajstić information content (AvgIpc) is 3.28. The van der Waals surface area contributed by atoms with Gasteiger partial charge in [0.2, 0.25) is 0 Å². The summed E-state index contributed by atoms with van der Waals surface area (Å²) >= 11 is 1.62. The first-order chi connectivity index (χ1) is 12.1. The van der Waals surface area contributed by atoms with Crippen molar-refractivity contribution < 1.29 is 9.21 Å². The normalized spacial score (nSPS) is 10.8. The number of hydrogen-bond donors (Lipinski definition) is 0. The first-order valence-corrected chi connectivity index (χ1v) is 8.99. The maximum atomic E-state index is 11.9. The van der Waals surface area contributed by atoms with E-state index in [2.05, 4.69) is 17.1 Å². The molecule has 130 valence electrons. The van der Waals surface area contributed by atoms with Crippen molar-refractivity contribution in [2.45, 2.75) is 24.4 Å². The minimum Gasteiger partial charge on any atom is -0.461 e. The summed E-state index contributed by atoms with van der Waals surface area (Å²) in [6.45, 7) is 2.82. The van der Waals surface area contributed by atoms with Gasteiger partial charge in [-0.15, -0.1) is 10.2 Å². The Morgan fingerprint density at radius 3 is 2.56 bits per heavy atom. The standard InChI is InChI=1S/C18H20N4O2S/c1-4-22-16(15-6-5-11-24-15)19-20-18(22)25-12-13-7-9-14(10-8-13)17(23)21(2)3/h5-11H,4,12H2,1-3H3. The molecule has 3 aromatic rings. The summed E-state index contributed by atoms with van der Waals surface area (Å²) in [4.78, 5) is 13.5. The maximum Gasteiger partial charge on any atom is 0.253 e. The average molecular weight is 356 g/mol. The molecule has 0 atom stereocenters. The molecular weight excluding hydrogens is 336 g/mol. The highest BCUT2D eigenvalue weighted by molar-refractivity contribution is 7.98. The Morgan fingerprint density at radius 1 is 1.20 bits per heavy atom. The molecule has 6 nitrogen and oxygen atoms in total. The van der Waals surface area contributed by atoms with Gasteiger partial charge >= 0.3 is 0 Å². The quantitative estimate of drug-likeness (QED) is 0.632. The van der Waals surface area contributed by atoms with Gasteiger partial charge in [0.05, 0.1) is 6.26 Å². The van der Waals surface area contributed by atoms with Crippen molar-refractivity contribution in [1.29, 1.82) is 0 Å². The zero-order chi connectivity index (χ0) is 17.8. The van der Waals surface area contributed by atoms with Gasteiger partial charge in [0, 0.05) is 32.0 Å². The zero-order valence-electron chi connectivity index (χ0n) is 14.5. The predicted octanol–water partition coefficient (Wildman–Crippen LogP) is 3.55. The lowest BCUT2D eigenvalue weighted by molar-refractivity contribution is 0.0827. The molecule has 0 saturated carbocycles. The summed E-state index contributed by atoms with van der Waals surface area (Å²) in [6.07, 6.45) is 1.63. The second-order valence-electron chi connectivity index (χ2n) is 5.71. The topological polar surface area (TPSA) is 64.2 Å². The number of thioether (sulfide) groups is 1. The maximum absolute atomic E-state index is 11.9. The number of carbonyl (C=O) groups is 1. The molecule has 0 N–H and O–H groups in total. The molecule has 0 spiro atoms. The summed E-state index contributed by atoms with van der Waals surface area (Å²) in [5.41, 5.74) is 1.82. The van der Waals surface area contributed by atoms with E-state index in [0.717, 1.165) is 28.8 Å². The third-order valence-corrected chi connectivity index (χ3v) is 4.79. The summed E-state index contributed by atoms with van der Waals surface area (Å²) in [6, 6.07) is 11.4. The van der Waals surface area contributed by atoms with Crippen LogP contribution in [0.3, 0.4) is 0 Å². The molecule has 25 heavy (non-hydrogen) atoms. The van der Waals surface area contributed by atoms with Crippen LogP contribution in [-0.2, 0) is 12.3 Å². The van der Waals surface area contributed by atoms with Crippen molar-refractivity contribution in [3.63, 3.8) is 0 Å². The van der Waals surface area contributed by atoms with E-state index >= 15 is 0 Å². The van der Waals surface area contributed by atoms with E-state index in [1.165, 1.54) is 0 Å². The largest absolute Gasteiger partial charge is 0.461 e. The number of carbonyl (C=O) groups excluding carboxylic acids is 1. The lowest BCUT2D eigenvalue weighted by Gasteiger charge is -2.10. The molecule has 3 rings (SSSR count). The Bertz CT molecular complexity index is 839. The number of hydrogen-bond acceptors (Lipinski definition) is 5. The van der Waals surface area contributed by atoms with Crippen LogP contribution in [0.25, 0.3) is 11.6 Å². The molecule has 0 bridgehead atoms. The highest BCUT2D eigenvalue weighted by atomic mass is 32.2. The fourth-order valence-electron chi connectivity index (χ4n) is 2.42. The molecule has 0 saturated heterocycles. The van der Waals surface area contributed by atoms with Crippen LogP contribution in [0.2, 0.25) is 0 Å². The van der Waals surface area contributed by atoms with Gasteiger partial charge in [-0.25, -0.2) is 0 Å². The van der Waals surface area contributed by atoms with Crippen LogP contribution in [0.4, 0.5) is 0 Å². The van der Waals surface area contributed by atoms with E-state index in [1.54, 1.807) is 37.0 Å². The van der Waals surface area contributed by atoms with E-state index in [9.17, 15) is 4.79 Å². The van der Waals surface area contributed by atoms with Crippen LogP contribution in [0.15, 0.2) is 52.2 Å². The second-order valence-corrected chi connectivity index (χ2v) is 6.66. The molecule has 2 heterocycles. The van der Waals surface area contributed by atoms with Crippen LogP contribution >= 0.6 is 11.8 Å². The Hall–Kier alpha value is -2.54. The Labute approximate surface area is 150 Å². The Kier molecular flexibility index (Phi) is 5.23. The fourth-order valence-corrected chi connectivity index (χ4v) is 3.38. The van der Waals surface area contributed by atoms with E-state index in [0.29, 0.717) is 11.3 Å². The predicted molar refractivity (Wildman–Crippen MR) is 97.4 cm³/mol. The summed E-state index contributed by atoms with van der Waals surface area (Å²) in [5.74, 6) is 2.22. The van der Waals surface area contributed by atoms with Crippen molar-refractivity contribution in [3.05, 3.63) is 53.8 Å². The van der Waals surface area contributed by atoms with E-state index in [1.807, 2.05) is 41.0 Å². The highest BCUT2D eigenvalue weighted by Crippen LogP contribution is 2.26. The SMILES string of the molecule is CCn1c(SCc2ccc(C(=O)N(C)C)cc2)nnc1-c1ccco1. The highest BCUT2D eigenvalue weighted by Gasteiger charge is 2.15. The number of rotatable bonds is 6. The second kappa shape index (κ2) is 7.57. The van der Waals surface area contributed by atoms with Gasteiger partial charge in [-0.05, 0) is 36.8 Å². The minimum absolute atomic E-state index is 0.00742. The fraction of sp³-hybridized carbons (Fsp3) is 0.278. The van der Waals surface area contributed by atoms with Gasteiger partial charge < -0.3 is 9.32 Å². The summed E-state index contributed by atoms with van der Waals surface area (Å²) in [7, 11) is 3.50. The molecule has 0 aliphatic heterocycles. The van der Waals surface area contributed by atoms with Gasteiger partial charge in [0.15, 0.2) is 16.7 Å². The first kappa shape index (κ1) is 17.3. The van der Waals surface area contributed by atoms with Gasteiger partial charge in [-0.2, -0.15) is 0 Å². The Morgan fingerprint density at radius 2 is 1.96 bits per heavy atom. The van der Waals surface area contributed by atoms with Crippen molar-refractivity contribution in [2.24, 2.45) is 0 Å².